The fraction of sp³-hybridized carbons (Fsp3) is 0.0556. The zero-order valence-corrected chi connectivity index (χ0v) is 12.4. The van der Waals surface area contributed by atoms with Crippen molar-refractivity contribution in [3.8, 4) is 21.8 Å². The van der Waals surface area contributed by atoms with Crippen LogP contribution in [0.1, 0.15) is 5.69 Å². The van der Waals surface area contributed by atoms with Crippen LogP contribution in [0.15, 0.2) is 60.7 Å². The summed E-state index contributed by atoms with van der Waals surface area (Å²) in [7, 11) is 0. The second-order valence-electron chi connectivity index (χ2n) is 5.09. The van der Waals surface area contributed by atoms with Crippen molar-refractivity contribution in [3.05, 3.63) is 66.4 Å². The third-order valence-electron chi connectivity index (χ3n) is 3.54. The van der Waals surface area contributed by atoms with Crippen molar-refractivity contribution in [2.45, 2.75) is 6.92 Å². The summed E-state index contributed by atoms with van der Waals surface area (Å²) < 4.78 is 1.22. The summed E-state index contributed by atoms with van der Waals surface area (Å²) in [5.41, 5.74) is 5.76. The smallest absolute Gasteiger partial charge is 0.141 e. The highest BCUT2D eigenvalue weighted by Gasteiger charge is 2.14. The molecule has 0 saturated heterocycles. The van der Waals surface area contributed by atoms with Gasteiger partial charge < -0.3 is 4.98 Å². The maximum atomic E-state index is 4.77. The van der Waals surface area contributed by atoms with Crippen LogP contribution in [0.25, 0.3) is 32.0 Å². The Labute approximate surface area is 127 Å². The SMILES string of the molecule is Cc1cc(-c2ccccc2)c(-c2nc3ccccc3s2)[nH]1. The Bertz CT molecular complexity index is 870. The van der Waals surface area contributed by atoms with Crippen molar-refractivity contribution in [2.75, 3.05) is 0 Å². The normalized spacial score (nSPS) is 11.1. The van der Waals surface area contributed by atoms with E-state index < -0.39 is 0 Å². The predicted octanol–water partition coefficient (Wildman–Crippen LogP) is 5.27. The summed E-state index contributed by atoms with van der Waals surface area (Å²) in [4.78, 5) is 8.24. The van der Waals surface area contributed by atoms with Gasteiger partial charge in [-0.15, -0.1) is 11.3 Å². The molecule has 0 aliphatic rings. The lowest BCUT2D eigenvalue weighted by Gasteiger charge is -2.01. The average Bonchev–Trinajstić information content (AvgIpc) is 3.11. The zero-order chi connectivity index (χ0) is 14.2. The number of aromatic amines is 1. The van der Waals surface area contributed by atoms with Crippen LogP contribution in [0.2, 0.25) is 0 Å². The van der Waals surface area contributed by atoms with E-state index in [9.17, 15) is 0 Å². The molecule has 2 nitrogen and oxygen atoms in total. The van der Waals surface area contributed by atoms with Gasteiger partial charge in [-0.05, 0) is 30.7 Å². The summed E-state index contributed by atoms with van der Waals surface area (Å²) >= 11 is 1.73. The Hall–Kier alpha value is -2.39. The number of fused-ring (bicyclic) bond motifs is 1. The van der Waals surface area contributed by atoms with E-state index >= 15 is 0 Å². The highest BCUT2D eigenvalue weighted by molar-refractivity contribution is 7.21. The molecule has 0 atom stereocenters. The third kappa shape index (κ3) is 2.16. The van der Waals surface area contributed by atoms with Crippen LogP contribution in [0.4, 0.5) is 0 Å². The molecule has 4 rings (SSSR count). The van der Waals surface area contributed by atoms with Gasteiger partial charge in [-0.1, -0.05) is 42.5 Å². The lowest BCUT2D eigenvalue weighted by atomic mass is 10.1. The maximum absolute atomic E-state index is 4.77. The molecule has 0 amide bonds. The number of thiazole rings is 1. The number of H-pyrrole nitrogens is 1. The molecule has 1 N–H and O–H groups in total. The van der Waals surface area contributed by atoms with E-state index in [1.165, 1.54) is 15.8 Å². The van der Waals surface area contributed by atoms with Gasteiger partial charge in [0.15, 0.2) is 0 Å². The van der Waals surface area contributed by atoms with Crippen molar-refractivity contribution in [3.63, 3.8) is 0 Å². The monoisotopic (exact) mass is 290 g/mol. The minimum absolute atomic E-state index is 1.04. The van der Waals surface area contributed by atoms with Gasteiger partial charge in [0.05, 0.1) is 15.9 Å². The van der Waals surface area contributed by atoms with Crippen molar-refractivity contribution < 1.29 is 0 Å². The molecular weight excluding hydrogens is 276 g/mol. The van der Waals surface area contributed by atoms with E-state index in [4.69, 9.17) is 4.98 Å². The molecule has 2 aromatic carbocycles. The van der Waals surface area contributed by atoms with Crippen LogP contribution >= 0.6 is 11.3 Å². The predicted molar refractivity (Wildman–Crippen MR) is 89.6 cm³/mol. The molecule has 0 saturated carbocycles. The van der Waals surface area contributed by atoms with E-state index in [1.807, 2.05) is 12.1 Å². The number of aromatic nitrogens is 2. The van der Waals surface area contributed by atoms with Crippen molar-refractivity contribution in [1.29, 1.82) is 0 Å². The Balaban J connectivity index is 1.92. The second-order valence-corrected chi connectivity index (χ2v) is 6.12. The van der Waals surface area contributed by atoms with E-state index in [0.29, 0.717) is 0 Å². The molecule has 0 bridgehead atoms. The van der Waals surface area contributed by atoms with E-state index in [2.05, 4.69) is 60.4 Å². The van der Waals surface area contributed by atoms with Gasteiger partial charge in [-0.3, -0.25) is 0 Å². The van der Waals surface area contributed by atoms with Crippen molar-refractivity contribution >= 4 is 21.6 Å². The Morgan fingerprint density at radius 3 is 2.52 bits per heavy atom. The zero-order valence-electron chi connectivity index (χ0n) is 11.6. The molecule has 0 aliphatic heterocycles. The molecule has 0 unspecified atom stereocenters. The van der Waals surface area contributed by atoms with Crippen LogP contribution in [0.5, 0.6) is 0 Å². The number of hydrogen-bond acceptors (Lipinski definition) is 2. The van der Waals surface area contributed by atoms with Gasteiger partial charge in [0.2, 0.25) is 0 Å². The summed E-state index contributed by atoms with van der Waals surface area (Å²) in [5.74, 6) is 0. The van der Waals surface area contributed by atoms with E-state index in [0.717, 1.165) is 21.9 Å². The fourth-order valence-corrected chi connectivity index (χ4v) is 3.56. The number of nitrogens with one attached hydrogen (secondary N) is 1. The number of benzene rings is 2. The van der Waals surface area contributed by atoms with Crippen molar-refractivity contribution in [1.82, 2.24) is 9.97 Å². The lowest BCUT2D eigenvalue weighted by molar-refractivity contribution is 1.26. The van der Waals surface area contributed by atoms with Crippen LogP contribution < -0.4 is 0 Å². The molecule has 102 valence electrons. The topological polar surface area (TPSA) is 28.7 Å². The molecule has 0 fully saturated rings. The highest BCUT2D eigenvalue weighted by atomic mass is 32.1. The number of aryl methyl sites for hydroxylation is 1. The molecule has 3 heteroatoms. The molecular formula is C18H14N2S. The first-order valence-electron chi connectivity index (χ1n) is 6.92. The Morgan fingerprint density at radius 1 is 0.952 bits per heavy atom. The molecule has 2 aromatic heterocycles. The van der Waals surface area contributed by atoms with Crippen LogP contribution in [-0.2, 0) is 0 Å². The van der Waals surface area contributed by atoms with Crippen LogP contribution in [0.3, 0.4) is 0 Å². The van der Waals surface area contributed by atoms with E-state index in [-0.39, 0.29) is 0 Å². The number of rotatable bonds is 2. The average molecular weight is 290 g/mol. The van der Waals surface area contributed by atoms with Gasteiger partial charge >= 0.3 is 0 Å². The Morgan fingerprint density at radius 2 is 1.71 bits per heavy atom. The first-order valence-corrected chi connectivity index (χ1v) is 7.74. The molecule has 0 spiro atoms. The fourth-order valence-electron chi connectivity index (χ4n) is 2.58. The summed E-state index contributed by atoms with van der Waals surface area (Å²) in [6, 6.07) is 20.9. The van der Waals surface area contributed by atoms with Crippen LogP contribution in [0, 0.1) is 6.92 Å². The second kappa shape index (κ2) is 4.86. The lowest BCUT2D eigenvalue weighted by Crippen LogP contribution is -1.81. The number of para-hydroxylation sites is 1. The van der Waals surface area contributed by atoms with Crippen molar-refractivity contribution in [2.24, 2.45) is 0 Å². The first-order chi connectivity index (χ1) is 10.3. The minimum Gasteiger partial charge on any atom is -0.356 e. The molecule has 21 heavy (non-hydrogen) atoms. The van der Waals surface area contributed by atoms with Gasteiger partial charge in [-0.2, -0.15) is 0 Å². The quantitative estimate of drug-likeness (QED) is 0.535. The van der Waals surface area contributed by atoms with Crippen LogP contribution in [-0.4, -0.2) is 9.97 Å². The maximum Gasteiger partial charge on any atom is 0.141 e. The number of hydrogen-bond donors (Lipinski definition) is 1. The Kier molecular flexibility index (Phi) is 2.86. The minimum atomic E-state index is 1.04. The summed E-state index contributed by atoms with van der Waals surface area (Å²) in [5, 5.41) is 1.04. The first kappa shape index (κ1) is 12.4. The van der Waals surface area contributed by atoms with Gasteiger partial charge in [0.1, 0.15) is 5.01 Å². The van der Waals surface area contributed by atoms with E-state index in [1.54, 1.807) is 11.3 Å². The highest BCUT2D eigenvalue weighted by Crippen LogP contribution is 2.36. The standard InChI is InChI=1S/C18H14N2S/c1-12-11-14(13-7-3-2-4-8-13)17(19-12)18-20-15-9-5-6-10-16(15)21-18/h2-11,19H,1H3. The third-order valence-corrected chi connectivity index (χ3v) is 4.60. The van der Waals surface area contributed by atoms with Gasteiger partial charge in [0.25, 0.3) is 0 Å². The van der Waals surface area contributed by atoms with Gasteiger partial charge in [-0.25, -0.2) is 4.98 Å². The van der Waals surface area contributed by atoms with Gasteiger partial charge in [0, 0.05) is 11.3 Å². The molecule has 0 aliphatic carbocycles. The summed E-state index contributed by atoms with van der Waals surface area (Å²) in [6.07, 6.45) is 0. The number of nitrogens with zero attached hydrogens (tertiary/aromatic N) is 1. The molecule has 0 radical (unpaired) electrons. The molecule has 2 heterocycles. The molecule has 4 aromatic rings. The summed E-state index contributed by atoms with van der Waals surface area (Å²) in [6.45, 7) is 2.09. The largest absolute Gasteiger partial charge is 0.356 e.